The van der Waals surface area contributed by atoms with Crippen molar-refractivity contribution in [3.8, 4) is 5.75 Å². The molecule has 0 spiro atoms. The zero-order chi connectivity index (χ0) is 13.8. The van der Waals surface area contributed by atoms with E-state index in [1.54, 1.807) is 7.11 Å². The first kappa shape index (κ1) is 12.7. The predicted octanol–water partition coefficient (Wildman–Crippen LogP) is 3.43. The smallest absolute Gasteiger partial charge is 0.137 e. The maximum absolute atomic E-state index is 5.54. The largest absolute Gasteiger partial charge is 0.497 e. The van der Waals surface area contributed by atoms with Gasteiger partial charge in [-0.3, -0.25) is 0 Å². The maximum atomic E-state index is 5.54. The summed E-state index contributed by atoms with van der Waals surface area (Å²) in [5.74, 6) is 0.844. The first-order valence-electron chi connectivity index (χ1n) is 6.76. The Labute approximate surface area is 118 Å². The fourth-order valence-electron chi connectivity index (χ4n) is 2.39. The van der Waals surface area contributed by atoms with E-state index in [0.29, 0.717) is 0 Å². The SMILES string of the molecule is COc1cccc(C2=NO[C@H](Cc3ccccc3)C2)c1. The molecule has 0 N–H and O–H groups in total. The second kappa shape index (κ2) is 5.78. The van der Waals surface area contributed by atoms with Gasteiger partial charge in [-0.1, -0.05) is 47.6 Å². The minimum Gasteiger partial charge on any atom is -0.497 e. The second-order valence-corrected chi connectivity index (χ2v) is 4.89. The molecule has 0 aliphatic carbocycles. The number of methoxy groups -OCH3 is 1. The molecular weight excluding hydrogens is 250 g/mol. The molecule has 0 saturated heterocycles. The molecule has 0 unspecified atom stereocenters. The van der Waals surface area contributed by atoms with Gasteiger partial charge in [0.05, 0.1) is 12.8 Å². The molecule has 2 aromatic rings. The van der Waals surface area contributed by atoms with E-state index in [2.05, 4.69) is 17.3 Å². The number of rotatable bonds is 4. The number of ether oxygens (including phenoxy) is 1. The molecule has 0 bridgehead atoms. The monoisotopic (exact) mass is 267 g/mol. The van der Waals surface area contributed by atoms with E-state index in [1.807, 2.05) is 42.5 Å². The molecule has 3 heteroatoms. The van der Waals surface area contributed by atoms with Crippen LogP contribution < -0.4 is 4.74 Å². The van der Waals surface area contributed by atoms with Crippen molar-refractivity contribution in [1.82, 2.24) is 0 Å². The van der Waals surface area contributed by atoms with Crippen molar-refractivity contribution in [2.75, 3.05) is 7.11 Å². The molecule has 0 radical (unpaired) electrons. The Hall–Kier alpha value is -2.29. The third-order valence-electron chi connectivity index (χ3n) is 3.44. The van der Waals surface area contributed by atoms with Crippen molar-refractivity contribution in [3.63, 3.8) is 0 Å². The van der Waals surface area contributed by atoms with Gasteiger partial charge in [-0.25, -0.2) is 0 Å². The number of hydrogen-bond acceptors (Lipinski definition) is 3. The molecule has 1 aliphatic heterocycles. The van der Waals surface area contributed by atoms with Crippen molar-refractivity contribution in [2.24, 2.45) is 5.16 Å². The highest BCUT2D eigenvalue weighted by atomic mass is 16.6. The normalized spacial score (nSPS) is 17.4. The molecule has 3 nitrogen and oxygen atoms in total. The third kappa shape index (κ3) is 2.82. The topological polar surface area (TPSA) is 30.8 Å². The highest BCUT2D eigenvalue weighted by molar-refractivity contribution is 6.01. The molecule has 1 aliphatic rings. The molecule has 0 fully saturated rings. The van der Waals surface area contributed by atoms with E-state index >= 15 is 0 Å². The third-order valence-corrected chi connectivity index (χ3v) is 3.44. The Morgan fingerprint density at radius 1 is 1.15 bits per heavy atom. The van der Waals surface area contributed by atoms with Crippen LogP contribution >= 0.6 is 0 Å². The van der Waals surface area contributed by atoms with Gasteiger partial charge in [0.1, 0.15) is 11.9 Å². The van der Waals surface area contributed by atoms with Crippen LogP contribution in [0.25, 0.3) is 0 Å². The fourth-order valence-corrected chi connectivity index (χ4v) is 2.39. The van der Waals surface area contributed by atoms with Gasteiger partial charge < -0.3 is 9.57 Å². The van der Waals surface area contributed by atoms with Crippen LogP contribution in [-0.2, 0) is 11.3 Å². The molecule has 102 valence electrons. The van der Waals surface area contributed by atoms with Crippen LogP contribution in [0.15, 0.2) is 59.8 Å². The Morgan fingerprint density at radius 3 is 2.80 bits per heavy atom. The summed E-state index contributed by atoms with van der Waals surface area (Å²) in [7, 11) is 1.67. The first-order valence-corrected chi connectivity index (χ1v) is 6.76. The van der Waals surface area contributed by atoms with Crippen LogP contribution in [0, 0.1) is 0 Å². The van der Waals surface area contributed by atoms with E-state index < -0.39 is 0 Å². The van der Waals surface area contributed by atoms with Crippen LogP contribution in [0.2, 0.25) is 0 Å². The summed E-state index contributed by atoms with van der Waals surface area (Å²) in [4.78, 5) is 5.54. The molecule has 1 atom stereocenters. The molecular formula is C17H17NO2. The van der Waals surface area contributed by atoms with E-state index in [1.165, 1.54) is 5.56 Å². The van der Waals surface area contributed by atoms with Gasteiger partial charge in [0.25, 0.3) is 0 Å². The van der Waals surface area contributed by atoms with Gasteiger partial charge >= 0.3 is 0 Å². The Balaban J connectivity index is 1.66. The van der Waals surface area contributed by atoms with Gasteiger partial charge in [0, 0.05) is 18.4 Å². The molecule has 2 aromatic carbocycles. The Kier molecular flexibility index (Phi) is 3.68. The lowest BCUT2D eigenvalue weighted by Gasteiger charge is -2.07. The van der Waals surface area contributed by atoms with E-state index in [-0.39, 0.29) is 6.10 Å². The molecule has 1 heterocycles. The second-order valence-electron chi connectivity index (χ2n) is 4.89. The average molecular weight is 267 g/mol. The van der Waals surface area contributed by atoms with E-state index in [4.69, 9.17) is 9.57 Å². The zero-order valence-corrected chi connectivity index (χ0v) is 11.5. The van der Waals surface area contributed by atoms with Crippen molar-refractivity contribution in [3.05, 3.63) is 65.7 Å². The number of hydrogen-bond donors (Lipinski definition) is 0. The lowest BCUT2D eigenvalue weighted by molar-refractivity contribution is 0.0859. The van der Waals surface area contributed by atoms with Gasteiger partial charge in [-0.05, 0) is 17.7 Å². The summed E-state index contributed by atoms with van der Waals surface area (Å²) in [5, 5.41) is 4.22. The predicted molar refractivity (Wildman–Crippen MR) is 79.2 cm³/mol. The van der Waals surface area contributed by atoms with Crippen molar-refractivity contribution in [1.29, 1.82) is 0 Å². The quantitative estimate of drug-likeness (QED) is 0.849. The van der Waals surface area contributed by atoms with Gasteiger partial charge in [-0.2, -0.15) is 0 Å². The summed E-state index contributed by atoms with van der Waals surface area (Å²) in [5.41, 5.74) is 3.34. The highest BCUT2D eigenvalue weighted by Gasteiger charge is 2.22. The average Bonchev–Trinajstić information content (AvgIpc) is 2.97. The summed E-state index contributed by atoms with van der Waals surface area (Å²) in [6.45, 7) is 0. The van der Waals surface area contributed by atoms with Gasteiger partial charge in [0.15, 0.2) is 0 Å². The minimum atomic E-state index is 0.124. The van der Waals surface area contributed by atoms with Crippen LogP contribution in [0.1, 0.15) is 17.5 Å². The Morgan fingerprint density at radius 2 is 2.00 bits per heavy atom. The van der Waals surface area contributed by atoms with Gasteiger partial charge in [-0.15, -0.1) is 0 Å². The molecule has 0 aromatic heterocycles. The van der Waals surface area contributed by atoms with Crippen molar-refractivity contribution in [2.45, 2.75) is 18.9 Å². The van der Waals surface area contributed by atoms with E-state index in [0.717, 1.165) is 29.9 Å². The lowest BCUT2D eigenvalue weighted by atomic mass is 10.0. The summed E-state index contributed by atoms with van der Waals surface area (Å²) >= 11 is 0. The fraction of sp³-hybridized carbons (Fsp3) is 0.235. The summed E-state index contributed by atoms with van der Waals surface area (Å²) < 4.78 is 5.24. The highest BCUT2D eigenvalue weighted by Crippen LogP contribution is 2.22. The summed E-state index contributed by atoms with van der Waals surface area (Å²) in [6, 6.07) is 18.3. The van der Waals surface area contributed by atoms with Crippen LogP contribution in [-0.4, -0.2) is 18.9 Å². The zero-order valence-electron chi connectivity index (χ0n) is 11.5. The maximum Gasteiger partial charge on any atom is 0.137 e. The standard InChI is InChI=1S/C17H17NO2/c1-19-15-9-5-8-14(11-15)17-12-16(20-18-17)10-13-6-3-2-4-7-13/h2-9,11,16H,10,12H2,1H3/t16-/m1/s1. The van der Waals surface area contributed by atoms with Crippen LogP contribution in [0.3, 0.4) is 0 Å². The van der Waals surface area contributed by atoms with Crippen molar-refractivity contribution >= 4 is 5.71 Å². The van der Waals surface area contributed by atoms with Gasteiger partial charge in [0.2, 0.25) is 0 Å². The number of benzene rings is 2. The lowest BCUT2D eigenvalue weighted by Crippen LogP contribution is -2.11. The first-order chi connectivity index (χ1) is 9.85. The molecule has 3 rings (SSSR count). The number of nitrogens with zero attached hydrogens (tertiary/aromatic N) is 1. The van der Waals surface area contributed by atoms with Crippen LogP contribution in [0.4, 0.5) is 0 Å². The van der Waals surface area contributed by atoms with E-state index in [9.17, 15) is 0 Å². The minimum absolute atomic E-state index is 0.124. The number of oxime groups is 1. The molecule has 0 saturated carbocycles. The summed E-state index contributed by atoms with van der Waals surface area (Å²) in [6.07, 6.45) is 1.85. The Bertz CT molecular complexity index is 607. The molecule has 0 amide bonds. The molecule has 20 heavy (non-hydrogen) atoms. The van der Waals surface area contributed by atoms with Crippen LogP contribution in [0.5, 0.6) is 5.75 Å². The van der Waals surface area contributed by atoms with Crippen molar-refractivity contribution < 1.29 is 9.57 Å².